The first-order valence-corrected chi connectivity index (χ1v) is 26.8. The van der Waals surface area contributed by atoms with Gasteiger partial charge < -0.3 is 109 Å². The number of ether oxygens (including phenoxy) is 9. The second-order valence-corrected chi connectivity index (χ2v) is 23.8. The summed E-state index contributed by atoms with van der Waals surface area (Å²) >= 11 is 0. The molecule has 4 aliphatic carbocycles. The highest BCUT2D eigenvalue weighted by atomic mass is 16.8. The molecule has 3 saturated carbocycles. The van der Waals surface area contributed by atoms with Crippen LogP contribution in [0.4, 0.5) is 0 Å². The molecule has 2 unspecified atom stereocenters. The highest BCUT2D eigenvalue weighted by Gasteiger charge is 2.66. The van der Waals surface area contributed by atoms with Gasteiger partial charge in [-0.15, -0.1) is 0 Å². The van der Waals surface area contributed by atoms with Crippen LogP contribution in [-0.2, 0) is 42.6 Å². The van der Waals surface area contributed by atoms with Crippen LogP contribution in [0.1, 0.15) is 92.9 Å². The predicted octanol–water partition coefficient (Wildman–Crippen LogP) is -2.33. The Labute approximate surface area is 426 Å². The van der Waals surface area contributed by atoms with E-state index in [0.717, 1.165) is 32.1 Å². The second-order valence-electron chi connectivity index (χ2n) is 23.8. The summed E-state index contributed by atoms with van der Waals surface area (Å²) < 4.78 is 54.7. The number of allylic oxidation sites excluding steroid dienone is 1. The molecule has 5 saturated heterocycles. The van der Waals surface area contributed by atoms with E-state index in [1.165, 1.54) is 19.4 Å². The van der Waals surface area contributed by atoms with Crippen LogP contribution in [0.3, 0.4) is 0 Å². The Kier molecular flexibility index (Phi) is 17.2. The highest BCUT2D eigenvalue weighted by molar-refractivity contribution is 5.26. The van der Waals surface area contributed by atoms with Gasteiger partial charge in [0.05, 0.1) is 56.4 Å². The Hall–Kier alpha value is -1.14. The molecule has 13 N–H and O–H groups in total. The summed E-state index contributed by atoms with van der Waals surface area (Å²) in [7, 11) is 0. The molecule has 5 aliphatic heterocycles. The minimum Gasteiger partial charge on any atom is -0.394 e. The van der Waals surface area contributed by atoms with E-state index in [1.54, 1.807) is 0 Å². The normalized spacial score (nSPS) is 54.9. The zero-order valence-electron chi connectivity index (χ0n) is 42.7. The van der Waals surface area contributed by atoms with E-state index in [2.05, 4.69) is 26.8 Å². The molecular weight excluding hydrogens is 965 g/mol. The number of hydrogen-bond donors (Lipinski definition) is 13. The third kappa shape index (κ3) is 10.3. The summed E-state index contributed by atoms with van der Waals surface area (Å²) in [6.45, 7) is 10.7. The van der Waals surface area contributed by atoms with Crippen LogP contribution in [0.15, 0.2) is 11.6 Å². The summed E-state index contributed by atoms with van der Waals surface area (Å²) in [5, 5.41) is 138. The highest BCUT2D eigenvalue weighted by Crippen LogP contribution is 2.69. The van der Waals surface area contributed by atoms with Gasteiger partial charge in [0, 0.05) is 0 Å². The van der Waals surface area contributed by atoms with Gasteiger partial charge in [0.15, 0.2) is 25.2 Å². The largest absolute Gasteiger partial charge is 0.394 e. The molecule has 0 amide bonds. The van der Waals surface area contributed by atoms with Crippen LogP contribution >= 0.6 is 0 Å². The van der Waals surface area contributed by atoms with Crippen LogP contribution in [0.2, 0.25) is 0 Å². The van der Waals surface area contributed by atoms with E-state index in [9.17, 15) is 66.4 Å². The maximum atomic E-state index is 12.0. The van der Waals surface area contributed by atoms with Gasteiger partial charge >= 0.3 is 0 Å². The topological polar surface area (TPSA) is 346 Å². The number of hydrogen-bond acceptors (Lipinski definition) is 22. The number of aliphatic hydroxyl groups excluding tert-OH is 13. The summed E-state index contributed by atoms with van der Waals surface area (Å²) in [4.78, 5) is 0. The van der Waals surface area contributed by atoms with Crippen molar-refractivity contribution in [2.24, 2.45) is 46.3 Å². The van der Waals surface area contributed by atoms with Gasteiger partial charge in [-0.3, -0.25) is 0 Å². The number of rotatable bonds is 14. The lowest BCUT2D eigenvalue weighted by molar-refractivity contribution is -0.388. The van der Waals surface area contributed by atoms with Gasteiger partial charge in [-0.1, -0.05) is 39.3 Å². The standard InChI is InChI=1S/C51H84O22/c1-19(18-65-46-39(61)38(60)35(57)30(16-52)70-46)13-28(54)43-20(2)32-29(69-43)15-27-25-8-7-23-14-24(9-11-50(23,5)26(25)10-12-51(27,32)6)68-49-45(73-48-41(63)37(59)34(56)22(4)67-48)42(64)44(31(17-53)71-49)72-47-40(62)36(58)33(55)21(3)66-47/h7,19-22,24-49,52-64H,8-18H2,1-6H3/t19-,20-,21-,22-,24-,25+,26-,27-,28?,29-,30+,31+,32-,33-,34-,35+,36+,37+,38-,39+,40+,41+,42-,43?,44+,45+,46+,47-,48-,49+,50-,51-/m0/s1. The molecule has 0 aromatic rings. The molecule has 9 rings (SSSR count). The lowest BCUT2D eigenvalue weighted by Crippen LogP contribution is -2.66. The smallest absolute Gasteiger partial charge is 0.187 e. The Bertz CT molecular complexity index is 1880. The lowest BCUT2D eigenvalue weighted by Gasteiger charge is -2.58. The van der Waals surface area contributed by atoms with Crippen molar-refractivity contribution in [1.82, 2.24) is 0 Å². The third-order valence-corrected chi connectivity index (χ3v) is 19.3. The summed E-state index contributed by atoms with van der Waals surface area (Å²) in [5.74, 6) is 1.42. The Morgan fingerprint density at radius 1 is 0.630 bits per heavy atom. The van der Waals surface area contributed by atoms with E-state index >= 15 is 0 Å². The average Bonchev–Trinajstić information content (AvgIpc) is 3.86. The molecule has 32 atom stereocenters. The fourth-order valence-electron chi connectivity index (χ4n) is 15.1. The van der Waals surface area contributed by atoms with E-state index in [0.29, 0.717) is 37.0 Å². The van der Waals surface area contributed by atoms with Crippen molar-refractivity contribution >= 4 is 0 Å². The molecule has 8 fully saturated rings. The quantitative estimate of drug-likeness (QED) is 0.0812. The Balaban J connectivity index is 0.845. The predicted molar refractivity (Wildman–Crippen MR) is 249 cm³/mol. The fourth-order valence-corrected chi connectivity index (χ4v) is 15.1. The zero-order valence-corrected chi connectivity index (χ0v) is 42.7. The van der Waals surface area contributed by atoms with E-state index in [4.69, 9.17) is 42.6 Å². The molecule has 22 heteroatoms. The second kappa shape index (κ2) is 22.2. The van der Waals surface area contributed by atoms with E-state index in [-0.39, 0.29) is 47.4 Å². The maximum Gasteiger partial charge on any atom is 0.187 e. The van der Waals surface area contributed by atoms with Crippen LogP contribution < -0.4 is 0 Å². The minimum absolute atomic E-state index is 0.000113. The summed E-state index contributed by atoms with van der Waals surface area (Å²) in [5.41, 5.74) is 1.15. The Morgan fingerprint density at radius 3 is 1.85 bits per heavy atom. The molecule has 9 aliphatic rings. The van der Waals surface area contributed by atoms with E-state index in [1.807, 2.05) is 6.92 Å². The molecule has 73 heavy (non-hydrogen) atoms. The Morgan fingerprint density at radius 2 is 1.22 bits per heavy atom. The number of fused-ring (bicyclic) bond motifs is 7. The summed E-state index contributed by atoms with van der Waals surface area (Å²) in [6, 6.07) is 0. The molecule has 0 aromatic carbocycles. The van der Waals surface area contributed by atoms with Crippen molar-refractivity contribution < 1.29 is 109 Å². The molecule has 420 valence electrons. The van der Waals surface area contributed by atoms with Crippen LogP contribution in [-0.4, -0.2) is 233 Å². The molecular formula is C51H84O22. The molecule has 5 heterocycles. The van der Waals surface area contributed by atoms with Crippen LogP contribution in [0.25, 0.3) is 0 Å². The van der Waals surface area contributed by atoms with Gasteiger partial charge in [0.1, 0.15) is 85.5 Å². The van der Waals surface area contributed by atoms with Gasteiger partial charge in [-0.25, -0.2) is 0 Å². The van der Waals surface area contributed by atoms with Gasteiger partial charge in [-0.2, -0.15) is 0 Å². The minimum atomic E-state index is -1.75. The SMILES string of the molecule is C[C@H](CO[C@@H]1O[C@H](CO)[C@@H](O)[C@H](O)[C@H]1O)CC(O)C1O[C@H]2C[C@H]3[C@@H]4CC=C5C[C@@H](O[C@@H]6O[C@H](CO)[C@@H](O[C@@H]7O[C@@H](C)[C@H](O)[C@@H](O)[C@H]7O)[C@H](O)[C@H]6O[C@@H]6O[C@@H](C)[C@H](O)[C@@H](O)[C@H]6O)CC[C@]5(C)[C@H]4CC[C@]3(C)[C@H]2[C@@H]1C. The lowest BCUT2D eigenvalue weighted by atomic mass is 9.47. The molecule has 0 radical (unpaired) electrons. The first-order chi connectivity index (χ1) is 34.5. The van der Waals surface area contributed by atoms with Crippen molar-refractivity contribution in [2.75, 3.05) is 19.8 Å². The third-order valence-electron chi connectivity index (χ3n) is 19.3. The van der Waals surface area contributed by atoms with Crippen molar-refractivity contribution in [2.45, 2.75) is 240 Å². The molecule has 22 nitrogen and oxygen atoms in total. The van der Waals surface area contributed by atoms with Crippen LogP contribution in [0.5, 0.6) is 0 Å². The van der Waals surface area contributed by atoms with Gasteiger partial charge in [0.2, 0.25) is 0 Å². The fraction of sp³-hybridized carbons (Fsp3) is 0.961. The maximum absolute atomic E-state index is 12.0. The first-order valence-electron chi connectivity index (χ1n) is 26.8. The summed E-state index contributed by atoms with van der Waals surface area (Å²) in [6.07, 6.45) is -21.9. The average molecular weight is 1050 g/mol. The van der Waals surface area contributed by atoms with Gasteiger partial charge in [0.25, 0.3) is 0 Å². The van der Waals surface area contributed by atoms with Crippen molar-refractivity contribution in [3.05, 3.63) is 11.6 Å². The zero-order chi connectivity index (χ0) is 52.7. The van der Waals surface area contributed by atoms with Gasteiger partial charge in [-0.05, 0) is 112 Å². The molecule has 0 spiro atoms. The molecule has 0 aromatic heterocycles. The van der Waals surface area contributed by atoms with Crippen molar-refractivity contribution in [3.8, 4) is 0 Å². The van der Waals surface area contributed by atoms with E-state index < -0.39 is 148 Å². The van der Waals surface area contributed by atoms with Crippen molar-refractivity contribution in [1.29, 1.82) is 0 Å². The molecule has 0 bridgehead atoms. The van der Waals surface area contributed by atoms with Crippen LogP contribution in [0, 0.1) is 46.3 Å². The monoisotopic (exact) mass is 1050 g/mol. The first kappa shape index (κ1) is 56.6. The van der Waals surface area contributed by atoms with Crippen molar-refractivity contribution in [3.63, 3.8) is 0 Å². The number of aliphatic hydroxyl groups is 13.